The van der Waals surface area contributed by atoms with Crippen LogP contribution >= 0.6 is 0 Å². The molecular weight excluding hydrogens is 146 g/mol. The first-order valence-corrected chi connectivity index (χ1v) is 5.49. The predicted octanol–water partition coefficient (Wildman–Crippen LogP) is 2.71. The van der Waals surface area contributed by atoms with Crippen molar-refractivity contribution >= 4 is 0 Å². The quantitative estimate of drug-likeness (QED) is 0.585. The van der Waals surface area contributed by atoms with Gasteiger partial charge in [0.2, 0.25) is 0 Å². The largest absolute Gasteiger partial charge is 0.311 e. The zero-order valence-corrected chi connectivity index (χ0v) is 8.40. The predicted molar refractivity (Wildman–Crippen MR) is 52.2 cm³/mol. The minimum atomic E-state index is 0.692. The number of hydrogen-bond donors (Lipinski definition) is 1. The molecule has 1 N–H and O–H groups in total. The fourth-order valence-electron chi connectivity index (χ4n) is 3.34. The van der Waals surface area contributed by atoms with Crippen molar-refractivity contribution in [1.29, 1.82) is 0 Å². The highest BCUT2D eigenvalue weighted by atomic mass is 15.0. The van der Waals surface area contributed by atoms with Crippen LogP contribution in [-0.4, -0.2) is 12.1 Å². The monoisotopic (exact) mass is 167 g/mol. The summed E-state index contributed by atoms with van der Waals surface area (Å²) < 4.78 is 0. The van der Waals surface area contributed by atoms with E-state index in [1.54, 1.807) is 0 Å². The van der Waals surface area contributed by atoms with Gasteiger partial charge in [-0.25, -0.2) is 0 Å². The molecule has 1 saturated carbocycles. The van der Waals surface area contributed by atoms with Crippen molar-refractivity contribution in [3.63, 3.8) is 0 Å². The van der Waals surface area contributed by atoms with Crippen LogP contribution in [0.1, 0.15) is 52.4 Å². The Hall–Kier alpha value is -0.0400. The molecule has 1 heteroatoms. The van der Waals surface area contributed by atoms with Gasteiger partial charge in [0.25, 0.3) is 0 Å². The normalized spacial score (nSPS) is 40.5. The average molecular weight is 167 g/mol. The van der Waals surface area contributed by atoms with E-state index in [9.17, 15) is 0 Å². The molecule has 0 aromatic heterocycles. The van der Waals surface area contributed by atoms with Crippen molar-refractivity contribution in [2.75, 3.05) is 0 Å². The molecule has 0 bridgehead atoms. The highest BCUT2D eigenvalue weighted by molar-refractivity contribution is 4.99. The Morgan fingerprint density at radius 3 is 2.25 bits per heavy atom. The van der Waals surface area contributed by atoms with Crippen molar-refractivity contribution in [2.45, 2.75) is 64.5 Å². The Kier molecular flexibility index (Phi) is 2.16. The van der Waals surface area contributed by atoms with E-state index >= 15 is 0 Å². The molecule has 0 aromatic rings. The van der Waals surface area contributed by atoms with E-state index in [-0.39, 0.29) is 0 Å². The number of nitrogens with one attached hydrogen (secondary N) is 1. The number of rotatable bonds is 0. The van der Waals surface area contributed by atoms with Crippen molar-refractivity contribution in [3.8, 4) is 0 Å². The standard InChI is InChI=1S/C11H21N/c1-9-8-11(10(2)12-9)6-4-3-5-7-11/h9-10,12H,3-8H2,1-2H3. The molecule has 2 rings (SSSR count). The molecule has 0 aromatic carbocycles. The van der Waals surface area contributed by atoms with Crippen LogP contribution in [0.4, 0.5) is 0 Å². The summed E-state index contributed by atoms with van der Waals surface area (Å²) >= 11 is 0. The van der Waals surface area contributed by atoms with Gasteiger partial charge in [-0.2, -0.15) is 0 Å². The average Bonchev–Trinajstić information content (AvgIpc) is 2.29. The van der Waals surface area contributed by atoms with Gasteiger partial charge in [-0.05, 0) is 38.5 Å². The third-order valence-corrected chi connectivity index (χ3v) is 4.02. The Balaban J connectivity index is 2.08. The van der Waals surface area contributed by atoms with Crippen molar-refractivity contribution in [1.82, 2.24) is 5.32 Å². The van der Waals surface area contributed by atoms with Crippen LogP contribution in [0.5, 0.6) is 0 Å². The van der Waals surface area contributed by atoms with E-state index in [1.807, 2.05) is 0 Å². The van der Waals surface area contributed by atoms with E-state index in [4.69, 9.17) is 0 Å². The Morgan fingerprint density at radius 1 is 1.08 bits per heavy atom. The second-order valence-corrected chi connectivity index (χ2v) is 4.92. The van der Waals surface area contributed by atoms with Gasteiger partial charge in [0.15, 0.2) is 0 Å². The zero-order valence-electron chi connectivity index (χ0n) is 8.40. The molecule has 1 spiro atoms. The van der Waals surface area contributed by atoms with E-state index in [0.29, 0.717) is 5.41 Å². The van der Waals surface area contributed by atoms with Crippen molar-refractivity contribution in [2.24, 2.45) is 5.41 Å². The minimum absolute atomic E-state index is 0.692. The molecule has 2 unspecified atom stereocenters. The Morgan fingerprint density at radius 2 is 1.75 bits per heavy atom. The third kappa shape index (κ3) is 1.28. The highest BCUT2D eigenvalue weighted by Gasteiger charge is 2.43. The first kappa shape index (κ1) is 8.55. The first-order valence-electron chi connectivity index (χ1n) is 5.49. The van der Waals surface area contributed by atoms with Gasteiger partial charge >= 0.3 is 0 Å². The molecule has 1 nitrogen and oxygen atoms in total. The molecule has 1 saturated heterocycles. The second kappa shape index (κ2) is 3.02. The van der Waals surface area contributed by atoms with Gasteiger partial charge in [0.05, 0.1) is 0 Å². The Bertz CT molecular complexity index is 158. The lowest BCUT2D eigenvalue weighted by Gasteiger charge is -2.36. The Labute approximate surface area is 75.9 Å². The van der Waals surface area contributed by atoms with Crippen LogP contribution < -0.4 is 5.32 Å². The maximum Gasteiger partial charge on any atom is 0.00982 e. The SMILES string of the molecule is CC1CC2(CCCCC2)C(C)N1. The van der Waals surface area contributed by atoms with Crippen LogP contribution in [-0.2, 0) is 0 Å². The molecule has 0 amide bonds. The summed E-state index contributed by atoms with van der Waals surface area (Å²) in [6, 6.07) is 1.53. The highest BCUT2D eigenvalue weighted by Crippen LogP contribution is 2.46. The van der Waals surface area contributed by atoms with Gasteiger partial charge in [-0.3, -0.25) is 0 Å². The summed E-state index contributed by atoms with van der Waals surface area (Å²) in [7, 11) is 0. The van der Waals surface area contributed by atoms with Gasteiger partial charge < -0.3 is 5.32 Å². The molecule has 70 valence electrons. The van der Waals surface area contributed by atoms with Crippen LogP contribution in [0.15, 0.2) is 0 Å². The van der Waals surface area contributed by atoms with E-state index in [1.165, 1.54) is 38.5 Å². The minimum Gasteiger partial charge on any atom is -0.311 e. The van der Waals surface area contributed by atoms with Gasteiger partial charge in [-0.15, -0.1) is 0 Å². The summed E-state index contributed by atoms with van der Waals surface area (Å²) in [6.07, 6.45) is 8.80. The maximum absolute atomic E-state index is 3.68. The number of hydrogen-bond acceptors (Lipinski definition) is 1. The summed E-state index contributed by atoms with van der Waals surface area (Å²) in [6.45, 7) is 4.72. The summed E-state index contributed by atoms with van der Waals surface area (Å²) in [4.78, 5) is 0. The van der Waals surface area contributed by atoms with Crippen LogP contribution in [0.25, 0.3) is 0 Å². The van der Waals surface area contributed by atoms with Gasteiger partial charge in [-0.1, -0.05) is 19.3 Å². The molecule has 12 heavy (non-hydrogen) atoms. The zero-order chi connectivity index (χ0) is 8.60. The van der Waals surface area contributed by atoms with Crippen LogP contribution in [0, 0.1) is 5.41 Å². The molecule has 2 fully saturated rings. The third-order valence-electron chi connectivity index (χ3n) is 4.02. The summed E-state index contributed by atoms with van der Waals surface area (Å²) in [5, 5.41) is 3.68. The van der Waals surface area contributed by atoms with E-state index < -0.39 is 0 Å². The lowest BCUT2D eigenvalue weighted by molar-refractivity contribution is 0.171. The van der Waals surface area contributed by atoms with Crippen molar-refractivity contribution < 1.29 is 0 Å². The molecule has 1 aliphatic heterocycles. The molecular formula is C11H21N. The fraction of sp³-hybridized carbons (Fsp3) is 1.00. The van der Waals surface area contributed by atoms with Crippen molar-refractivity contribution in [3.05, 3.63) is 0 Å². The van der Waals surface area contributed by atoms with Crippen LogP contribution in [0.3, 0.4) is 0 Å². The van der Waals surface area contributed by atoms with Gasteiger partial charge in [0, 0.05) is 12.1 Å². The van der Waals surface area contributed by atoms with Crippen LogP contribution in [0.2, 0.25) is 0 Å². The second-order valence-electron chi connectivity index (χ2n) is 4.92. The lowest BCUT2D eigenvalue weighted by Crippen LogP contribution is -2.36. The van der Waals surface area contributed by atoms with Gasteiger partial charge in [0.1, 0.15) is 0 Å². The molecule has 0 radical (unpaired) electrons. The topological polar surface area (TPSA) is 12.0 Å². The van der Waals surface area contributed by atoms with E-state index in [0.717, 1.165) is 12.1 Å². The first-order chi connectivity index (χ1) is 5.73. The summed E-state index contributed by atoms with van der Waals surface area (Å²) in [5.41, 5.74) is 0.692. The molecule has 2 atom stereocenters. The molecule has 2 aliphatic rings. The fourth-order valence-corrected chi connectivity index (χ4v) is 3.34. The molecule has 1 aliphatic carbocycles. The smallest absolute Gasteiger partial charge is 0.00982 e. The lowest BCUT2D eigenvalue weighted by atomic mass is 9.69. The maximum atomic E-state index is 3.68. The van der Waals surface area contributed by atoms with E-state index in [2.05, 4.69) is 19.2 Å². The summed E-state index contributed by atoms with van der Waals surface area (Å²) in [5.74, 6) is 0. The molecule has 1 heterocycles.